The first-order valence-corrected chi connectivity index (χ1v) is 6.62. The topological polar surface area (TPSA) is 89.7 Å². The summed E-state index contributed by atoms with van der Waals surface area (Å²) in [5, 5.41) is 20.1. The largest absolute Gasteiger partial charge is 0.478 e. The number of benzene rings is 1. The highest BCUT2D eigenvalue weighted by Crippen LogP contribution is 2.38. The summed E-state index contributed by atoms with van der Waals surface area (Å²) in [4.78, 5) is 21.5. The van der Waals surface area contributed by atoms with E-state index in [0.717, 1.165) is 18.9 Å². The molecule has 0 saturated heterocycles. The minimum absolute atomic E-state index is 0.0375. The van der Waals surface area contributed by atoms with Crippen molar-refractivity contribution in [2.45, 2.75) is 38.2 Å². The summed E-state index contributed by atoms with van der Waals surface area (Å²) in [5.74, 6) is 4.58. The molecule has 1 aliphatic rings. The second kappa shape index (κ2) is 5.83. The van der Waals surface area contributed by atoms with Crippen LogP contribution >= 0.6 is 0 Å². The minimum Gasteiger partial charge on any atom is -0.478 e. The lowest BCUT2D eigenvalue weighted by Gasteiger charge is -2.24. The van der Waals surface area contributed by atoms with Crippen LogP contribution in [0.5, 0.6) is 5.75 Å². The minimum atomic E-state index is -1.16. The van der Waals surface area contributed by atoms with E-state index in [0.29, 0.717) is 12.8 Å². The lowest BCUT2D eigenvalue weighted by atomic mass is 10.0. The molecule has 6 nitrogen and oxygen atoms in total. The van der Waals surface area contributed by atoms with Gasteiger partial charge in [-0.1, -0.05) is 5.92 Å². The number of carbonyl (C=O) groups is 1. The fourth-order valence-electron chi connectivity index (χ4n) is 2.52. The van der Waals surface area contributed by atoms with Crippen molar-refractivity contribution in [3.63, 3.8) is 0 Å². The van der Waals surface area contributed by atoms with E-state index >= 15 is 0 Å². The zero-order valence-corrected chi connectivity index (χ0v) is 11.6. The quantitative estimate of drug-likeness (QED) is 0.522. The smallest absolute Gasteiger partial charge is 0.335 e. The molecule has 0 unspecified atom stereocenters. The Balaban J connectivity index is 2.44. The van der Waals surface area contributed by atoms with Crippen molar-refractivity contribution in [1.29, 1.82) is 0 Å². The molecule has 1 saturated carbocycles. The average Bonchev–Trinajstić information content (AvgIpc) is 2.87. The van der Waals surface area contributed by atoms with Gasteiger partial charge in [-0.3, -0.25) is 10.1 Å². The molecule has 0 spiro atoms. The van der Waals surface area contributed by atoms with Crippen molar-refractivity contribution in [3.05, 3.63) is 33.9 Å². The Morgan fingerprint density at radius 2 is 2.10 bits per heavy atom. The summed E-state index contributed by atoms with van der Waals surface area (Å²) in [6.45, 7) is 1.69. The molecule has 0 bridgehead atoms. The lowest BCUT2D eigenvalue weighted by molar-refractivity contribution is -0.386. The molecule has 0 aromatic heterocycles. The Labute approximate surface area is 121 Å². The average molecular weight is 289 g/mol. The van der Waals surface area contributed by atoms with Crippen molar-refractivity contribution in [2.24, 2.45) is 0 Å². The Kier molecular flexibility index (Phi) is 4.13. The van der Waals surface area contributed by atoms with Crippen LogP contribution in [0.15, 0.2) is 18.2 Å². The molecule has 6 heteroatoms. The molecule has 2 rings (SSSR count). The van der Waals surface area contributed by atoms with Crippen molar-refractivity contribution in [1.82, 2.24) is 0 Å². The third kappa shape index (κ3) is 3.14. The Morgan fingerprint density at radius 1 is 1.43 bits per heavy atom. The summed E-state index contributed by atoms with van der Waals surface area (Å²) in [5.41, 5.74) is -1.05. The summed E-state index contributed by atoms with van der Waals surface area (Å²) in [6, 6.07) is 3.54. The van der Waals surface area contributed by atoms with Crippen molar-refractivity contribution in [3.8, 4) is 17.6 Å². The van der Waals surface area contributed by atoms with Gasteiger partial charge in [0.2, 0.25) is 0 Å². The zero-order chi connectivity index (χ0) is 15.5. The molecule has 1 fully saturated rings. The number of nitro benzene ring substituents is 1. The third-order valence-corrected chi connectivity index (χ3v) is 3.47. The fraction of sp³-hybridized carbons (Fsp3) is 0.400. The first-order chi connectivity index (χ1) is 9.97. The molecule has 0 heterocycles. The van der Waals surface area contributed by atoms with Crippen LogP contribution in [0, 0.1) is 22.0 Å². The van der Waals surface area contributed by atoms with E-state index in [1.54, 1.807) is 6.92 Å². The predicted octanol–water partition coefficient (Wildman–Crippen LogP) is 3.01. The highest BCUT2D eigenvalue weighted by atomic mass is 16.6. The van der Waals surface area contributed by atoms with Gasteiger partial charge in [0.25, 0.3) is 0 Å². The van der Waals surface area contributed by atoms with Gasteiger partial charge in [-0.05, 0) is 38.7 Å². The lowest BCUT2D eigenvalue weighted by Crippen LogP contribution is -2.31. The Morgan fingerprint density at radius 3 is 2.62 bits per heavy atom. The van der Waals surface area contributed by atoms with Crippen molar-refractivity contribution in [2.75, 3.05) is 0 Å². The molecule has 0 aliphatic heterocycles. The summed E-state index contributed by atoms with van der Waals surface area (Å²) >= 11 is 0. The molecule has 1 aromatic carbocycles. The van der Waals surface area contributed by atoms with Gasteiger partial charge >= 0.3 is 11.7 Å². The van der Waals surface area contributed by atoms with Gasteiger partial charge in [0.05, 0.1) is 10.5 Å². The van der Waals surface area contributed by atoms with Crippen LogP contribution in [0.25, 0.3) is 0 Å². The number of hydrogen-bond acceptors (Lipinski definition) is 4. The van der Waals surface area contributed by atoms with Crippen molar-refractivity contribution >= 4 is 11.7 Å². The predicted molar refractivity (Wildman–Crippen MR) is 75.3 cm³/mol. The monoisotopic (exact) mass is 289 g/mol. The van der Waals surface area contributed by atoms with E-state index in [-0.39, 0.29) is 17.0 Å². The zero-order valence-electron chi connectivity index (χ0n) is 11.6. The maximum absolute atomic E-state index is 11.1. The number of carboxylic acids is 1. The van der Waals surface area contributed by atoms with Gasteiger partial charge in [-0.15, -0.1) is 5.92 Å². The van der Waals surface area contributed by atoms with Crippen LogP contribution in [-0.2, 0) is 0 Å². The molecule has 21 heavy (non-hydrogen) atoms. The van der Waals surface area contributed by atoms with E-state index in [1.165, 1.54) is 12.1 Å². The summed E-state index contributed by atoms with van der Waals surface area (Å²) in [6.07, 6.45) is 3.23. The first-order valence-electron chi connectivity index (χ1n) is 6.62. The highest BCUT2D eigenvalue weighted by Gasteiger charge is 2.36. The summed E-state index contributed by atoms with van der Waals surface area (Å²) < 4.78 is 5.81. The molecule has 1 aliphatic carbocycles. The second-order valence-corrected chi connectivity index (χ2v) is 4.92. The van der Waals surface area contributed by atoms with Crippen LogP contribution in [0.4, 0.5) is 5.69 Å². The van der Waals surface area contributed by atoms with Gasteiger partial charge < -0.3 is 9.84 Å². The highest BCUT2D eigenvalue weighted by molar-refractivity contribution is 5.88. The number of nitro groups is 1. The van der Waals surface area contributed by atoms with E-state index in [9.17, 15) is 14.9 Å². The van der Waals surface area contributed by atoms with Gasteiger partial charge in [0.15, 0.2) is 11.4 Å². The SMILES string of the molecule is CC#CC1(Oc2cc(C(=O)O)ccc2[N+](=O)[O-])CCCC1. The van der Waals surface area contributed by atoms with Gasteiger partial charge in [-0.25, -0.2) is 4.79 Å². The number of ether oxygens (including phenoxy) is 1. The molecular weight excluding hydrogens is 274 g/mol. The molecule has 1 N–H and O–H groups in total. The number of aromatic carboxylic acids is 1. The fourth-order valence-corrected chi connectivity index (χ4v) is 2.52. The Bertz CT molecular complexity index is 635. The molecule has 0 radical (unpaired) electrons. The summed E-state index contributed by atoms with van der Waals surface area (Å²) in [7, 11) is 0. The van der Waals surface area contributed by atoms with Gasteiger partial charge in [0.1, 0.15) is 0 Å². The van der Waals surface area contributed by atoms with Crippen LogP contribution in [-0.4, -0.2) is 21.6 Å². The Hall–Kier alpha value is -2.55. The maximum atomic E-state index is 11.1. The second-order valence-electron chi connectivity index (χ2n) is 4.92. The van der Waals surface area contributed by atoms with E-state index < -0.39 is 16.5 Å². The van der Waals surface area contributed by atoms with Crippen LogP contribution < -0.4 is 4.74 Å². The van der Waals surface area contributed by atoms with E-state index in [4.69, 9.17) is 9.84 Å². The first kappa shape index (κ1) is 14.9. The van der Waals surface area contributed by atoms with Crippen molar-refractivity contribution < 1.29 is 19.6 Å². The number of nitrogens with zero attached hydrogens (tertiary/aromatic N) is 1. The molecule has 1 aromatic rings. The normalized spacial score (nSPS) is 15.9. The maximum Gasteiger partial charge on any atom is 0.335 e. The van der Waals surface area contributed by atoms with Crippen LogP contribution in [0.1, 0.15) is 43.0 Å². The number of carboxylic acid groups (broad SMARTS) is 1. The van der Waals surface area contributed by atoms with E-state index in [2.05, 4.69) is 11.8 Å². The van der Waals surface area contributed by atoms with Crippen LogP contribution in [0.2, 0.25) is 0 Å². The van der Waals surface area contributed by atoms with E-state index in [1.807, 2.05) is 0 Å². The van der Waals surface area contributed by atoms with Gasteiger partial charge in [0, 0.05) is 12.1 Å². The van der Waals surface area contributed by atoms with Gasteiger partial charge in [-0.2, -0.15) is 0 Å². The number of hydrogen-bond donors (Lipinski definition) is 1. The third-order valence-electron chi connectivity index (χ3n) is 3.47. The molecular formula is C15H15NO5. The van der Waals surface area contributed by atoms with Crippen LogP contribution in [0.3, 0.4) is 0 Å². The number of rotatable bonds is 4. The molecule has 0 atom stereocenters. The standard InChI is InChI=1S/C15H15NO5/c1-2-7-15(8-3-4-9-15)21-13-10-11(14(17)18)5-6-12(13)16(19)20/h5-6,10H,3-4,8-9H2,1H3,(H,17,18). The molecule has 0 amide bonds. The molecule has 110 valence electrons.